The summed E-state index contributed by atoms with van der Waals surface area (Å²) in [4.78, 5) is 13.4. The number of phenolic OH excluding ortho intramolecular Hbond substituents is 1. The summed E-state index contributed by atoms with van der Waals surface area (Å²) in [7, 11) is 0. The Bertz CT molecular complexity index is 1990. The molecule has 0 amide bonds. The van der Waals surface area contributed by atoms with Gasteiger partial charge in [-0.3, -0.25) is 4.79 Å². The number of fused-ring (bicyclic) bond motifs is 5. The summed E-state index contributed by atoms with van der Waals surface area (Å²) in [6.45, 7) is 3.00. The van der Waals surface area contributed by atoms with Crippen molar-refractivity contribution in [3.05, 3.63) is 123 Å². The summed E-state index contributed by atoms with van der Waals surface area (Å²) < 4.78 is 0. The predicted octanol–water partition coefficient (Wildman–Crippen LogP) is 11.1. The number of carbonyl (C=O) groups is 1. The van der Waals surface area contributed by atoms with Crippen LogP contribution in [0.15, 0.2) is 90.5 Å². The van der Waals surface area contributed by atoms with Gasteiger partial charge in [-0.15, -0.1) is 0 Å². The van der Waals surface area contributed by atoms with Crippen LogP contribution in [0, 0.1) is 29.6 Å². The first kappa shape index (κ1) is 41.3. The number of benzene rings is 3. The molecule has 4 nitrogen and oxygen atoms in total. The molecule has 304 valence electrons. The molecule has 1 spiro atoms. The molecule has 4 aliphatic carbocycles. The summed E-state index contributed by atoms with van der Waals surface area (Å²) in [5.74, 6) is 1.51. The van der Waals surface area contributed by atoms with Crippen LogP contribution in [0.2, 0.25) is 0 Å². The monoisotopic (exact) mass is 768 g/mol. The lowest BCUT2D eigenvalue weighted by Gasteiger charge is -2.48. The third kappa shape index (κ3) is 10.0. The fourth-order valence-corrected chi connectivity index (χ4v) is 11.4. The number of aryl methyl sites for hydroxylation is 1. The van der Waals surface area contributed by atoms with Crippen LogP contribution in [0.5, 0.6) is 5.75 Å². The van der Waals surface area contributed by atoms with E-state index in [4.69, 9.17) is 5.73 Å². The van der Waals surface area contributed by atoms with Crippen molar-refractivity contribution in [1.29, 1.82) is 0 Å². The minimum Gasteiger partial charge on any atom is -0.508 e. The van der Waals surface area contributed by atoms with E-state index in [1.54, 1.807) is 5.57 Å². The molecule has 0 unspecified atom stereocenters. The maximum absolute atomic E-state index is 13.4. The topological polar surface area (TPSA) is 83.5 Å². The average Bonchev–Trinajstić information content (AvgIpc) is 3.67. The van der Waals surface area contributed by atoms with Crippen molar-refractivity contribution in [3.63, 3.8) is 0 Å². The van der Waals surface area contributed by atoms with Crippen molar-refractivity contribution in [1.82, 2.24) is 0 Å². The Morgan fingerprint density at radius 2 is 1.60 bits per heavy atom. The lowest BCUT2D eigenvalue weighted by atomic mass is 9.55. The fraction of sp³-hybridized carbons (Fsp3) is 0.528. The average molecular weight is 768 g/mol. The van der Waals surface area contributed by atoms with Gasteiger partial charge in [0.1, 0.15) is 5.75 Å². The second kappa shape index (κ2) is 19.7. The van der Waals surface area contributed by atoms with E-state index in [0.29, 0.717) is 35.8 Å². The Balaban J connectivity index is 1.16. The van der Waals surface area contributed by atoms with Gasteiger partial charge in [0.15, 0.2) is 0 Å². The smallest absolute Gasteiger partial charge is 0.307 e. The van der Waals surface area contributed by atoms with Crippen molar-refractivity contribution in [2.45, 2.75) is 140 Å². The molecule has 4 aliphatic rings. The highest BCUT2D eigenvalue weighted by molar-refractivity contribution is 5.73. The number of nitrogens with two attached hydrogens (primary N) is 1. The summed E-state index contributed by atoms with van der Waals surface area (Å²) in [6, 6.07) is 24.3. The third-order valence-corrected chi connectivity index (χ3v) is 14.6. The normalized spacial score (nSPS) is 26.9. The SMILES string of the molecule is CCCCCc1cc([C@H]2Cc3cccc(c3)[C@@]3(CC[C@H]4C=c5ccccc5=C[C@@H]4C3)[C@H](C(=O)O)CC=CC[C@@H]2CCCCCC[C@H]2C=C(CCN)CC2)ccc1O. The van der Waals surface area contributed by atoms with Crippen molar-refractivity contribution >= 4 is 18.1 Å². The summed E-state index contributed by atoms with van der Waals surface area (Å²) in [6.07, 6.45) is 32.5. The molecule has 57 heavy (non-hydrogen) atoms. The Morgan fingerprint density at radius 3 is 2.39 bits per heavy atom. The minimum atomic E-state index is -0.668. The second-order valence-corrected chi connectivity index (χ2v) is 18.3. The molecule has 3 aromatic carbocycles. The molecule has 1 saturated carbocycles. The summed E-state index contributed by atoms with van der Waals surface area (Å²) in [5.41, 5.74) is 11.9. The zero-order valence-corrected chi connectivity index (χ0v) is 34.7. The second-order valence-electron chi connectivity index (χ2n) is 18.3. The van der Waals surface area contributed by atoms with Crippen LogP contribution in [0.4, 0.5) is 0 Å². The number of hydrogen-bond acceptors (Lipinski definition) is 3. The molecular formula is C53H69NO3. The van der Waals surface area contributed by atoms with Crippen LogP contribution in [0.25, 0.3) is 12.2 Å². The number of hydrogen-bond donors (Lipinski definition) is 3. The van der Waals surface area contributed by atoms with Gasteiger partial charge < -0.3 is 15.9 Å². The maximum atomic E-state index is 13.4. The largest absolute Gasteiger partial charge is 0.508 e. The van der Waals surface area contributed by atoms with E-state index in [1.807, 2.05) is 6.07 Å². The molecule has 0 heterocycles. The van der Waals surface area contributed by atoms with Crippen molar-refractivity contribution in [2.75, 3.05) is 6.54 Å². The van der Waals surface area contributed by atoms with Crippen LogP contribution < -0.4 is 16.2 Å². The maximum Gasteiger partial charge on any atom is 0.307 e. The van der Waals surface area contributed by atoms with Gasteiger partial charge in [0.2, 0.25) is 0 Å². The highest BCUT2D eigenvalue weighted by Gasteiger charge is 2.49. The van der Waals surface area contributed by atoms with Crippen LogP contribution in [0.3, 0.4) is 0 Å². The van der Waals surface area contributed by atoms with Crippen molar-refractivity contribution < 1.29 is 15.0 Å². The quantitative estimate of drug-likeness (QED) is 0.106. The van der Waals surface area contributed by atoms with Gasteiger partial charge in [-0.2, -0.15) is 0 Å². The van der Waals surface area contributed by atoms with Crippen molar-refractivity contribution in [2.24, 2.45) is 35.3 Å². The Hall–Kier alpha value is -3.89. The van der Waals surface area contributed by atoms with E-state index in [0.717, 1.165) is 82.2 Å². The first-order valence-corrected chi connectivity index (χ1v) is 22.8. The fourth-order valence-electron chi connectivity index (χ4n) is 11.4. The number of unbranched alkanes of at least 4 members (excludes halogenated alkanes) is 5. The number of carboxylic acid groups (broad SMARTS) is 1. The lowest BCUT2D eigenvalue weighted by Crippen LogP contribution is -2.47. The van der Waals surface area contributed by atoms with E-state index in [9.17, 15) is 15.0 Å². The Labute approximate surface area is 343 Å². The van der Waals surface area contributed by atoms with E-state index in [1.165, 1.54) is 78.5 Å². The summed E-state index contributed by atoms with van der Waals surface area (Å²) >= 11 is 0. The van der Waals surface area contributed by atoms with Gasteiger partial charge in [0.05, 0.1) is 5.92 Å². The molecule has 0 aliphatic heterocycles. The minimum absolute atomic E-state index is 0.305. The number of carboxylic acids is 1. The molecule has 3 aromatic rings. The first-order chi connectivity index (χ1) is 27.9. The number of phenols is 1. The zero-order chi connectivity index (χ0) is 39.6. The predicted molar refractivity (Wildman–Crippen MR) is 237 cm³/mol. The highest BCUT2D eigenvalue weighted by Crippen LogP contribution is 2.52. The Kier molecular flexibility index (Phi) is 14.3. The zero-order valence-electron chi connectivity index (χ0n) is 34.7. The standard InChI is InChI=1S/C53H69NO3/c1-2-3-6-20-46-36-45(25-26-51(46)55)49-33-40-15-13-21-48(32-40)53(29-27-44-34-42-18-9-10-19-43(42)35-47(44)37-53)50(52(56)57)22-12-11-17-41(49)16-8-5-4-7-14-38-23-24-39(31-38)28-30-54/h9-13,15,18-19,21,25-26,31-32,34-36,38,41,44,47,49-50,55H,2-8,14,16-17,20,22-24,27-30,33,37,54H2,1H3,(H,56,57)/t38-,41+,44+,47-,49+,50+,53+/m1/s1. The number of aliphatic carboxylic acids is 1. The third-order valence-electron chi connectivity index (χ3n) is 14.6. The first-order valence-electron chi connectivity index (χ1n) is 22.8. The molecule has 0 saturated heterocycles. The molecule has 7 rings (SSSR count). The number of aromatic hydroxyl groups is 1. The van der Waals surface area contributed by atoms with Gasteiger partial charge in [-0.1, -0.05) is 142 Å². The van der Waals surface area contributed by atoms with E-state index < -0.39 is 17.3 Å². The molecule has 1 fully saturated rings. The molecule has 0 aromatic heterocycles. The molecule has 4 heteroatoms. The number of rotatable bonds is 15. The van der Waals surface area contributed by atoms with Gasteiger partial charge in [0.25, 0.3) is 0 Å². The molecule has 4 N–H and O–H groups in total. The lowest BCUT2D eigenvalue weighted by molar-refractivity contribution is -0.145. The highest BCUT2D eigenvalue weighted by atomic mass is 16.4. The Morgan fingerprint density at radius 1 is 0.807 bits per heavy atom. The molecule has 2 bridgehead atoms. The van der Waals surface area contributed by atoms with Gasteiger partial charge in [-0.05, 0) is 158 Å². The van der Waals surface area contributed by atoms with E-state index >= 15 is 0 Å². The summed E-state index contributed by atoms with van der Waals surface area (Å²) in [5, 5.41) is 24.6. The number of allylic oxidation sites excluding steroid dienone is 3. The van der Waals surface area contributed by atoms with E-state index in [2.05, 4.69) is 98.0 Å². The van der Waals surface area contributed by atoms with Crippen LogP contribution in [-0.4, -0.2) is 22.7 Å². The molecule has 7 atom stereocenters. The van der Waals surface area contributed by atoms with Gasteiger partial charge in [0, 0.05) is 5.41 Å². The van der Waals surface area contributed by atoms with Crippen molar-refractivity contribution in [3.8, 4) is 5.75 Å². The van der Waals surface area contributed by atoms with Gasteiger partial charge in [-0.25, -0.2) is 0 Å². The van der Waals surface area contributed by atoms with Crippen LogP contribution in [0.1, 0.15) is 144 Å². The molecule has 0 radical (unpaired) electrons. The molecular weight excluding hydrogens is 699 g/mol. The van der Waals surface area contributed by atoms with Gasteiger partial charge >= 0.3 is 5.97 Å². The van der Waals surface area contributed by atoms with E-state index in [-0.39, 0.29) is 0 Å². The van der Waals surface area contributed by atoms with Crippen LogP contribution >= 0.6 is 0 Å². The van der Waals surface area contributed by atoms with Crippen LogP contribution in [-0.2, 0) is 23.1 Å².